The second-order valence-corrected chi connectivity index (χ2v) is 4.41. The smallest absolute Gasteiger partial charge is 0.0512 e. The fourth-order valence-corrected chi connectivity index (χ4v) is 1.87. The molecule has 0 bridgehead atoms. The van der Waals surface area contributed by atoms with Crippen molar-refractivity contribution in [3.8, 4) is 0 Å². The fraction of sp³-hybridized carbons (Fsp3) is 0.571. The third kappa shape index (κ3) is 4.23. The van der Waals surface area contributed by atoms with Crippen molar-refractivity contribution >= 4 is 5.69 Å². The summed E-state index contributed by atoms with van der Waals surface area (Å²) in [5.74, 6) is 0. The van der Waals surface area contributed by atoms with Gasteiger partial charge < -0.3 is 10.0 Å². The fourth-order valence-electron chi connectivity index (χ4n) is 1.87. The lowest BCUT2D eigenvalue weighted by Gasteiger charge is -2.23. The summed E-state index contributed by atoms with van der Waals surface area (Å²) in [4.78, 5) is 2.36. The highest BCUT2D eigenvalue weighted by Gasteiger charge is 2.04. The van der Waals surface area contributed by atoms with Crippen LogP contribution in [0.4, 0.5) is 5.69 Å². The lowest BCUT2D eigenvalue weighted by molar-refractivity contribution is 0.182. The van der Waals surface area contributed by atoms with Gasteiger partial charge in [0.1, 0.15) is 0 Å². The third-order valence-corrected chi connectivity index (χ3v) is 2.80. The zero-order valence-corrected chi connectivity index (χ0v) is 10.6. The first kappa shape index (κ1) is 13.0. The number of anilines is 1. The van der Waals surface area contributed by atoms with Crippen molar-refractivity contribution in [2.75, 3.05) is 18.0 Å². The second kappa shape index (κ2) is 6.54. The van der Waals surface area contributed by atoms with Crippen LogP contribution in [0.15, 0.2) is 24.3 Å². The van der Waals surface area contributed by atoms with E-state index in [1.54, 1.807) is 0 Å². The molecule has 0 aliphatic carbocycles. The van der Waals surface area contributed by atoms with Crippen LogP contribution in [0.1, 0.15) is 32.3 Å². The Morgan fingerprint density at radius 2 is 2.12 bits per heavy atom. The molecule has 90 valence electrons. The highest BCUT2D eigenvalue weighted by atomic mass is 16.3. The summed E-state index contributed by atoms with van der Waals surface area (Å²) in [6, 6.07) is 8.58. The maximum Gasteiger partial charge on any atom is 0.0512 e. The number of aryl methyl sites for hydroxylation is 1. The van der Waals surface area contributed by atoms with E-state index in [9.17, 15) is 5.11 Å². The molecule has 0 aliphatic heterocycles. The third-order valence-electron chi connectivity index (χ3n) is 2.80. The minimum absolute atomic E-state index is 0.184. The minimum Gasteiger partial charge on any atom is -0.393 e. The Morgan fingerprint density at radius 1 is 1.38 bits per heavy atom. The molecule has 0 saturated carbocycles. The Kier molecular flexibility index (Phi) is 5.33. The summed E-state index contributed by atoms with van der Waals surface area (Å²) in [6.45, 7) is 8.18. The zero-order valence-electron chi connectivity index (χ0n) is 10.6. The molecule has 0 fully saturated rings. The van der Waals surface area contributed by atoms with Crippen molar-refractivity contribution in [1.82, 2.24) is 0 Å². The molecular weight excluding hydrogens is 198 g/mol. The van der Waals surface area contributed by atoms with E-state index in [1.807, 2.05) is 6.92 Å². The van der Waals surface area contributed by atoms with Crippen LogP contribution >= 0.6 is 0 Å². The van der Waals surface area contributed by atoms with Crippen molar-refractivity contribution in [2.45, 2.75) is 39.7 Å². The molecule has 0 aliphatic rings. The summed E-state index contributed by atoms with van der Waals surface area (Å²) >= 11 is 0. The lowest BCUT2D eigenvalue weighted by atomic mass is 10.1. The van der Waals surface area contributed by atoms with E-state index in [0.29, 0.717) is 0 Å². The quantitative estimate of drug-likeness (QED) is 0.798. The summed E-state index contributed by atoms with van der Waals surface area (Å²) in [5.41, 5.74) is 2.58. The molecule has 0 saturated heterocycles. The molecular formula is C14H23NO. The van der Waals surface area contributed by atoms with Crippen molar-refractivity contribution in [1.29, 1.82) is 0 Å². The molecule has 1 N–H and O–H groups in total. The first-order valence-electron chi connectivity index (χ1n) is 6.13. The number of hydrogen-bond donors (Lipinski definition) is 1. The zero-order chi connectivity index (χ0) is 12.0. The van der Waals surface area contributed by atoms with Crippen LogP contribution in [0.25, 0.3) is 0 Å². The highest BCUT2D eigenvalue weighted by Crippen LogP contribution is 2.16. The molecule has 1 atom stereocenters. The Bertz CT molecular complexity index is 309. The highest BCUT2D eigenvalue weighted by molar-refractivity contribution is 5.48. The van der Waals surface area contributed by atoms with Crippen LogP contribution in [0.2, 0.25) is 0 Å². The van der Waals surface area contributed by atoms with Gasteiger partial charge in [-0.2, -0.15) is 0 Å². The molecule has 0 aromatic heterocycles. The van der Waals surface area contributed by atoms with Crippen LogP contribution in [0, 0.1) is 6.92 Å². The van der Waals surface area contributed by atoms with Crippen molar-refractivity contribution < 1.29 is 5.11 Å². The second-order valence-electron chi connectivity index (χ2n) is 4.41. The van der Waals surface area contributed by atoms with Gasteiger partial charge in [0, 0.05) is 18.8 Å². The monoisotopic (exact) mass is 221 g/mol. The van der Waals surface area contributed by atoms with E-state index < -0.39 is 0 Å². The van der Waals surface area contributed by atoms with Crippen LogP contribution in [-0.2, 0) is 0 Å². The molecule has 16 heavy (non-hydrogen) atoms. The summed E-state index contributed by atoms with van der Waals surface area (Å²) in [5, 5.41) is 9.23. The van der Waals surface area contributed by atoms with Gasteiger partial charge in [-0.05, 0) is 51.3 Å². The molecule has 1 unspecified atom stereocenters. The number of benzene rings is 1. The molecule has 1 rings (SSSR count). The van der Waals surface area contributed by atoms with E-state index in [2.05, 4.69) is 43.0 Å². The predicted octanol–water partition coefficient (Wildman–Crippen LogP) is 2.98. The van der Waals surface area contributed by atoms with Gasteiger partial charge in [-0.25, -0.2) is 0 Å². The van der Waals surface area contributed by atoms with Crippen LogP contribution < -0.4 is 4.90 Å². The van der Waals surface area contributed by atoms with Crippen LogP contribution in [0.3, 0.4) is 0 Å². The summed E-state index contributed by atoms with van der Waals surface area (Å²) < 4.78 is 0. The van der Waals surface area contributed by atoms with Crippen molar-refractivity contribution in [3.63, 3.8) is 0 Å². The summed E-state index contributed by atoms with van der Waals surface area (Å²) in [6.07, 6.45) is 1.73. The standard InChI is InChI=1S/C14H23NO/c1-4-15(10-6-8-13(3)16)14-9-5-7-12(2)11-14/h5,7,9,11,13,16H,4,6,8,10H2,1-3H3. The Morgan fingerprint density at radius 3 is 2.69 bits per heavy atom. The van der Waals surface area contributed by atoms with Gasteiger partial charge in [-0.15, -0.1) is 0 Å². The van der Waals surface area contributed by atoms with Crippen LogP contribution in [-0.4, -0.2) is 24.3 Å². The number of aliphatic hydroxyl groups excluding tert-OH is 1. The van der Waals surface area contributed by atoms with E-state index in [1.165, 1.54) is 11.3 Å². The molecule has 0 radical (unpaired) electrons. The molecule has 1 aromatic carbocycles. The van der Waals surface area contributed by atoms with Gasteiger partial charge in [0.2, 0.25) is 0 Å². The Balaban J connectivity index is 2.53. The predicted molar refractivity (Wildman–Crippen MR) is 70.0 cm³/mol. The van der Waals surface area contributed by atoms with E-state index in [0.717, 1.165) is 25.9 Å². The molecule has 0 amide bonds. The first-order chi connectivity index (χ1) is 7.63. The largest absolute Gasteiger partial charge is 0.393 e. The van der Waals surface area contributed by atoms with Crippen molar-refractivity contribution in [2.24, 2.45) is 0 Å². The normalized spacial score (nSPS) is 12.5. The van der Waals surface area contributed by atoms with Gasteiger partial charge in [-0.1, -0.05) is 12.1 Å². The molecule has 0 heterocycles. The van der Waals surface area contributed by atoms with Gasteiger partial charge in [0.05, 0.1) is 6.10 Å². The van der Waals surface area contributed by atoms with Gasteiger partial charge in [0.25, 0.3) is 0 Å². The van der Waals surface area contributed by atoms with E-state index in [4.69, 9.17) is 0 Å². The molecule has 1 aromatic rings. The maximum absolute atomic E-state index is 9.23. The first-order valence-corrected chi connectivity index (χ1v) is 6.13. The Labute approximate surface area is 98.9 Å². The van der Waals surface area contributed by atoms with Crippen LogP contribution in [0.5, 0.6) is 0 Å². The minimum atomic E-state index is -0.184. The average molecular weight is 221 g/mol. The SMILES string of the molecule is CCN(CCCC(C)O)c1cccc(C)c1. The van der Waals surface area contributed by atoms with Gasteiger partial charge in [-0.3, -0.25) is 0 Å². The lowest BCUT2D eigenvalue weighted by Crippen LogP contribution is -2.24. The van der Waals surface area contributed by atoms with Crippen molar-refractivity contribution in [3.05, 3.63) is 29.8 Å². The molecule has 2 nitrogen and oxygen atoms in total. The van der Waals surface area contributed by atoms with E-state index >= 15 is 0 Å². The molecule has 2 heteroatoms. The number of hydrogen-bond acceptors (Lipinski definition) is 2. The van der Waals surface area contributed by atoms with Gasteiger partial charge >= 0.3 is 0 Å². The molecule has 0 spiro atoms. The van der Waals surface area contributed by atoms with Gasteiger partial charge in [0.15, 0.2) is 0 Å². The number of rotatable bonds is 6. The maximum atomic E-state index is 9.23. The number of aliphatic hydroxyl groups is 1. The summed E-state index contributed by atoms with van der Waals surface area (Å²) in [7, 11) is 0. The number of nitrogens with zero attached hydrogens (tertiary/aromatic N) is 1. The average Bonchev–Trinajstić information content (AvgIpc) is 2.24. The topological polar surface area (TPSA) is 23.5 Å². The Hall–Kier alpha value is -1.02. The van der Waals surface area contributed by atoms with E-state index in [-0.39, 0.29) is 6.10 Å².